The first-order valence-electron chi connectivity index (χ1n) is 9.97. The maximum absolute atomic E-state index is 12.7. The zero-order valence-electron chi connectivity index (χ0n) is 16.9. The van der Waals surface area contributed by atoms with Crippen molar-refractivity contribution in [3.63, 3.8) is 0 Å². The molecule has 0 saturated carbocycles. The molecule has 0 spiro atoms. The molecule has 0 N–H and O–H groups in total. The van der Waals surface area contributed by atoms with E-state index in [-0.39, 0.29) is 5.97 Å². The minimum absolute atomic E-state index is 0.254. The molecule has 4 nitrogen and oxygen atoms in total. The van der Waals surface area contributed by atoms with Gasteiger partial charge in [-0.05, 0) is 43.0 Å². The number of aromatic nitrogens is 1. The van der Waals surface area contributed by atoms with E-state index in [1.807, 2.05) is 18.2 Å². The molecule has 1 aliphatic heterocycles. The van der Waals surface area contributed by atoms with E-state index in [0.717, 1.165) is 48.1 Å². The van der Waals surface area contributed by atoms with Gasteiger partial charge in [0.2, 0.25) is 0 Å². The Hall–Kier alpha value is -2.50. The third kappa shape index (κ3) is 4.26. The highest BCUT2D eigenvalue weighted by atomic mass is 32.2. The molecule has 0 fully saturated rings. The molecule has 2 heterocycles. The van der Waals surface area contributed by atoms with Gasteiger partial charge in [0.1, 0.15) is 0 Å². The highest BCUT2D eigenvalue weighted by Gasteiger charge is 2.28. The van der Waals surface area contributed by atoms with Gasteiger partial charge in [-0.3, -0.25) is 4.90 Å². The summed E-state index contributed by atoms with van der Waals surface area (Å²) in [5.41, 5.74) is 4.32. The molecule has 0 atom stereocenters. The molecule has 5 heteroatoms. The summed E-state index contributed by atoms with van der Waals surface area (Å²) in [6.07, 6.45) is 2.05. The molecule has 1 aromatic heterocycles. The molecular weight excluding hydrogens is 380 g/mol. The van der Waals surface area contributed by atoms with Crippen molar-refractivity contribution in [2.75, 3.05) is 13.7 Å². The zero-order valence-corrected chi connectivity index (χ0v) is 17.7. The Kier molecular flexibility index (Phi) is 6.07. The first-order valence-corrected chi connectivity index (χ1v) is 10.8. The number of rotatable bonds is 5. The molecule has 0 amide bonds. The highest BCUT2D eigenvalue weighted by molar-refractivity contribution is 7.99. The lowest BCUT2D eigenvalue weighted by atomic mass is 10.1. The molecule has 1 aliphatic rings. The standard InChI is InChI=1S/C24H26N2O2S/c1-18-21-14-9-15-25(16-19-10-5-3-6-11-19)17-26(21)23(22(18)24(27)28-2)29-20-12-7-4-8-13-20/h3-8,10-13H,9,14-17H2,1-2H3. The van der Waals surface area contributed by atoms with Gasteiger partial charge in [-0.15, -0.1) is 0 Å². The summed E-state index contributed by atoms with van der Waals surface area (Å²) in [4.78, 5) is 16.2. The van der Waals surface area contributed by atoms with Crippen LogP contribution in [-0.4, -0.2) is 29.1 Å². The lowest BCUT2D eigenvalue weighted by Gasteiger charge is -2.22. The zero-order chi connectivity index (χ0) is 20.2. The van der Waals surface area contributed by atoms with Crippen molar-refractivity contribution in [3.05, 3.63) is 83.0 Å². The van der Waals surface area contributed by atoms with Crippen molar-refractivity contribution in [1.29, 1.82) is 0 Å². The van der Waals surface area contributed by atoms with Gasteiger partial charge in [-0.25, -0.2) is 4.79 Å². The van der Waals surface area contributed by atoms with E-state index >= 15 is 0 Å². The number of nitrogens with zero attached hydrogens (tertiary/aromatic N) is 2. The Morgan fingerprint density at radius 2 is 1.76 bits per heavy atom. The molecule has 4 rings (SSSR count). The number of fused-ring (bicyclic) bond motifs is 1. The van der Waals surface area contributed by atoms with Gasteiger partial charge in [0, 0.05) is 23.7 Å². The van der Waals surface area contributed by atoms with Crippen molar-refractivity contribution >= 4 is 17.7 Å². The van der Waals surface area contributed by atoms with Crippen LogP contribution in [0.3, 0.4) is 0 Å². The van der Waals surface area contributed by atoms with Gasteiger partial charge in [-0.1, -0.05) is 60.3 Å². The second kappa shape index (κ2) is 8.89. The van der Waals surface area contributed by atoms with Crippen molar-refractivity contribution in [1.82, 2.24) is 9.47 Å². The number of carbonyl (C=O) groups excluding carboxylic acids is 1. The maximum atomic E-state index is 12.7. The number of benzene rings is 2. The van der Waals surface area contributed by atoms with Crippen molar-refractivity contribution in [3.8, 4) is 0 Å². The van der Waals surface area contributed by atoms with Crippen LogP contribution in [0.15, 0.2) is 70.6 Å². The van der Waals surface area contributed by atoms with Crippen molar-refractivity contribution in [2.24, 2.45) is 0 Å². The number of esters is 1. The molecule has 0 radical (unpaired) electrons. The van der Waals surface area contributed by atoms with Crippen LogP contribution in [0.4, 0.5) is 0 Å². The summed E-state index contributed by atoms with van der Waals surface area (Å²) in [6.45, 7) is 4.77. The average Bonchev–Trinajstić information content (AvgIpc) is 2.89. The van der Waals surface area contributed by atoms with Crippen LogP contribution < -0.4 is 0 Å². The van der Waals surface area contributed by atoms with Crippen LogP contribution in [0, 0.1) is 6.92 Å². The quantitative estimate of drug-likeness (QED) is 0.550. The van der Waals surface area contributed by atoms with Gasteiger partial charge in [0.05, 0.1) is 24.4 Å². The molecule has 0 unspecified atom stereocenters. The number of hydrogen-bond acceptors (Lipinski definition) is 4. The topological polar surface area (TPSA) is 34.5 Å². The fraction of sp³-hybridized carbons (Fsp3) is 0.292. The van der Waals surface area contributed by atoms with Gasteiger partial charge >= 0.3 is 5.97 Å². The normalized spacial score (nSPS) is 14.3. The van der Waals surface area contributed by atoms with E-state index in [1.165, 1.54) is 18.4 Å². The maximum Gasteiger partial charge on any atom is 0.340 e. The number of methoxy groups -OCH3 is 1. The fourth-order valence-electron chi connectivity index (χ4n) is 4.00. The fourth-order valence-corrected chi connectivity index (χ4v) is 5.13. The molecule has 150 valence electrons. The second-order valence-electron chi connectivity index (χ2n) is 7.37. The predicted molar refractivity (Wildman–Crippen MR) is 116 cm³/mol. The van der Waals surface area contributed by atoms with E-state index in [9.17, 15) is 4.79 Å². The summed E-state index contributed by atoms with van der Waals surface area (Å²) in [5.74, 6) is -0.254. The van der Waals surface area contributed by atoms with E-state index < -0.39 is 0 Å². The van der Waals surface area contributed by atoms with Gasteiger partial charge < -0.3 is 9.30 Å². The van der Waals surface area contributed by atoms with Crippen molar-refractivity contribution in [2.45, 2.75) is 42.9 Å². The average molecular weight is 407 g/mol. The van der Waals surface area contributed by atoms with Crippen LogP contribution in [-0.2, 0) is 24.4 Å². The number of ether oxygens (including phenoxy) is 1. The molecular formula is C24H26N2O2S. The van der Waals surface area contributed by atoms with E-state index in [0.29, 0.717) is 5.56 Å². The Balaban J connectivity index is 1.72. The van der Waals surface area contributed by atoms with Gasteiger partial charge in [0.15, 0.2) is 0 Å². The van der Waals surface area contributed by atoms with Gasteiger partial charge in [-0.2, -0.15) is 0 Å². The Labute approximate surface area is 176 Å². The summed E-state index contributed by atoms with van der Waals surface area (Å²) >= 11 is 1.65. The molecule has 0 aliphatic carbocycles. The summed E-state index contributed by atoms with van der Waals surface area (Å²) in [6, 6.07) is 20.8. The lowest BCUT2D eigenvalue weighted by Crippen LogP contribution is -2.26. The first-order chi connectivity index (χ1) is 14.2. The number of carbonyl (C=O) groups is 1. The van der Waals surface area contributed by atoms with Crippen LogP contribution in [0.2, 0.25) is 0 Å². The second-order valence-corrected chi connectivity index (χ2v) is 8.43. The predicted octanol–water partition coefficient (Wildman–Crippen LogP) is 5.14. The Morgan fingerprint density at radius 3 is 2.45 bits per heavy atom. The SMILES string of the molecule is COC(=O)c1c(C)c2n(c1Sc1ccccc1)CN(Cc1ccccc1)CCC2. The molecule has 0 bridgehead atoms. The third-order valence-electron chi connectivity index (χ3n) is 5.42. The third-order valence-corrected chi connectivity index (χ3v) is 6.54. The lowest BCUT2D eigenvalue weighted by molar-refractivity contribution is 0.0594. The smallest absolute Gasteiger partial charge is 0.340 e. The molecule has 29 heavy (non-hydrogen) atoms. The van der Waals surface area contributed by atoms with E-state index in [1.54, 1.807) is 11.8 Å². The monoisotopic (exact) mass is 406 g/mol. The largest absolute Gasteiger partial charge is 0.465 e. The first kappa shape index (κ1) is 19.8. The summed E-state index contributed by atoms with van der Waals surface area (Å²) in [5, 5.41) is 0.982. The van der Waals surface area contributed by atoms with Gasteiger partial charge in [0.25, 0.3) is 0 Å². The number of hydrogen-bond donors (Lipinski definition) is 0. The van der Waals surface area contributed by atoms with E-state index in [2.05, 4.69) is 58.9 Å². The summed E-state index contributed by atoms with van der Waals surface area (Å²) in [7, 11) is 1.46. The highest BCUT2D eigenvalue weighted by Crippen LogP contribution is 2.37. The minimum atomic E-state index is -0.254. The Bertz CT molecular complexity index is 983. The van der Waals surface area contributed by atoms with Crippen LogP contribution in [0.5, 0.6) is 0 Å². The van der Waals surface area contributed by atoms with E-state index in [4.69, 9.17) is 4.74 Å². The minimum Gasteiger partial charge on any atom is -0.465 e. The van der Waals surface area contributed by atoms with Crippen molar-refractivity contribution < 1.29 is 9.53 Å². The van der Waals surface area contributed by atoms with Crippen LogP contribution in [0.25, 0.3) is 0 Å². The Morgan fingerprint density at radius 1 is 1.07 bits per heavy atom. The molecule has 0 saturated heterocycles. The van der Waals surface area contributed by atoms with Crippen LogP contribution in [0.1, 0.15) is 33.6 Å². The van der Waals surface area contributed by atoms with Crippen LogP contribution >= 0.6 is 11.8 Å². The molecule has 3 aromatic rings. The summed E-state index contributed by atoms with van der Waals surface area (Å²) < 4.78 is 7.48. The molecule has 2 aromatic carbocycles.